The van der Waals surface area contributed by atoms with Gasteiger partial charge in [-0.3, -0.25) is 4.79 Å². The van der Waals surface area contributed by atoms with Crippen LogP contribution in [0.2, 0.25) is 0 Å². The monoisotopic (exact) mass is 297 g/mol. The molecule has 6 heteroatoms. The van der Waals surface area contributed by atoms with E-state index in [0.717, 1.165) is 5.56 Å². The van der Waals surface area contributed by atoms with Crippen LogP contribution in [0.5, 0.6) is 0 Å². The first kappa shape index (κ1) is 17.7. The van der Waals surface area contributed by atoms with Gasteiger partial charge in [-0.15, -0.1) is 0 Å². The average Bonchev–Trinajstić information content (AvgIpc) is 2.52. The Morgan fingerprint density at radius 3 is 2.67 bits per heavy atom. The van der Waals surface area contributed by atoms with Crippen molar-refractivity contribution in [2.75, 3.05) is 40.3 Å². The van der Waals surface area contributed by atoms with Crippen molar-refractivity contribution in [3.05, 3.63) is 35.9 Å². The molecule has 0 saturated carbocycles. The highest BCUT2D eigenvalue weighted by Gasteiger charge is 2.16. The van der Waals surface area contributed by atoms with E-state index >= 15 is 0 Å². The maximum absolute atomic E-state index is 11.9. The molecular weight excluding hydrogens is 274 g/mol. The van der Waals surface area contributed by atoms with Gasteiger partial charge in [-0.25, -0.2) is 0 Å². The third-order valence-electron chi connectivity index (χ3n) is 2.81. The maximum atomic E-state index is 11.9. The Morgan fingerprint density at radius 2 is 2.00 bits per heavy atom. The molecule has 0 radical (unpaired) electrons. The van der Waals surface area contributed by atoms with Crippen LogP contribution in [-0.4, -0.2) is 57.3 Å². The predicted octanol–water partition coefficient (Wildman–Crippen LogP) is 0.343. The second-order valence-electron chi connectivity index (χ2n) is 4.44. The molecule has 1 rings (SSSR count). The lowest BCUT2D eigenvalue weighted by molar-refractivity contribution is -0.133. The molecule has 0 spiro atoms. The molecule has 1 atom stereocenters. The minimum atomic E-state index is -0.635. The Hall–Kier alpha value is -1.31. The molecule has 0 bridgehead atoms. The number of carbonyl (C=O) groups is 1. The minimum Gasteiger partial charge on any atom is -0.394 e. The lowest BCUT2D eigenvalue weighted by Crippen LogP contribution is -2.41. The summed E-state index contributed by atoms with van der Waals surface area (Å²) in [4.78, 5) is 11.9. The summed E-state index contributed by atoms with van der Waals surface area (Å²) in [5, 5.41) is 12.3. The molecule has 21 heavy (non-hydrogen) atoms. The molecule has 0 fully saturated rings. The molecule has 0 saturated heterocycles. The van der Waals surface area contributed by atoms with E-state index in [1.54, 1.807) is 7.11 Å². The Kier molecular flexibility index (Phi) is 9.60. The number of hydrogen-bond acceptors (Lipinski definition) is 6. The van der Waals surface area contributed by atoms with E-state index < -0.39 is 6.04 Å². The number of aliphatic hydroxyl groups is 1. The quantitative estimate of drug-likeness (QED) is 0.428. The van der Waals surface area contributed by atoms with Gasteiger partial charge in [0.25, 0.3) is 0 Å². The van der Waals surface area contributed by atoms with Gasteiger partial charge in [0.15, 0.2) is 5.78 Å². The topological polar surface area (TPSA) is 77.0 Å². The van der Waals surface area contributed by atoms with E-state index in [1.807, 2.05) is 30.3 Å². The fourth-order valence-corrected chi connectivity index (χ4v) is 1.62. The Labute approximate surface area is 125 Å². The largest absolute Gasteiger partial charge is 0.394 e. The normalized spacial score (nSPS) is 12.3. The van der Waals surface area contributed by atoms with Gasteiger partial charge in [0.1, 0.15) is 13.4 Å². The van der Waals surface area contributed by atoms with Crippen LogP contribution in [0.3, 0.4) is 0 Å². The van der Waals surface area contributed by atoms with E-state index in [0.29, 0.717) is 19.8 Å². The minimum absolute atomic E-state index is 0.0337. The fourth-order valence-electron chi connectivity index (χ4n) is 1.62. The third-order valence-corrected chi connectivity index (χ3v) is 2.81. The summed E-state index contributed by atoms with van der Waals surface area (Å²) in [6, 6.07) is 9.04. The van der Waals surface area contributed by atoms with Crippen LogP contribution < -0.4 is 5.32 Å². The van der Waals surface area contributed by atoms with Crippen LogP contribution in [0.4, 0.5) is 0 Å². The predicted molar refractivity (Wildman–Crippen MR) is 77.8 cm³/mol. The average molecular weight is 297 g/mol. The summed E-state index contributed by atoms with van der Waals surface area (Å²) in [6.45, 7) is 1.09. The van der Waals surface area contributed by atoms with E-state index in [-0.39, 0.29) is 25.8 Å². The lowest BCUT2D eigenvalue weighted by atomic mass is 10.1. The third kappa shape index (κ3) is 7.89. The Morgan fingerprint density at radius 1 is 1.24 bits per heavy atom. The first-order valence-corrected chi connectivity index (χ1v) is 6.83. The van der Waals surface area contributed by atoms with E-state index in [4.69, 9.17) is 14.2 Å². The standard InChI is InChI=1S/C15H23NO5/c1-19-7-8-20-12-21-11-15(18)14(10-17)16-9-13-5-3-2-4-6-13/h2-6,14,16-17H,7-12H2,1H3/t14-/m1/s1. The second kappa shape index (κ2) is 11.4. The molecule has 0 aliphatic heterocycles. The van der Waals surface area contributed by atoms with Crippen molar-refractivity contribution in [1.82, 2.24) is 5.32 Å². The number of nitrogens with one attached hydrogen (secondary N) is 1. The number of hydrogen-bond donors (Lipinski definition) is 2. The number of aliphatic hydroxyl groups excluding tert-OH is 1. The molecule has 0 aromatic heterocycles. The van der Waals surface area contributed by atoms with Crippen LogP contribution in [0.1, 0.15) is 5.56 Å². The number of rotatable bonds is 12. The van der Waals surface area contributed by atoms with Gasteiger partial charge >= 0.3 is 0 Å². The second-order valence-corrected chi connectivity index (χ2v) is 4.44. The molecule has 1 aromatic carbocycles. The Bertz CT molecular complexity index is 385. The molecule has 0 heterocycles. The molecule has 0 amide bonds. The summed E-state index contributed by atoms with van der Waals surface area (Å²) >= 11 is 0. The Balaban J connectivity index is 2.20. The van der Waals surface area contributed by atoms with E-state index in [2.05, 4.69) is 5.32 Å². The number of benzene rings is 1. The van der Waals surface area contributed by atoms with Crippen molar-refractivity contribution < 1.29 is 24.1 Å². The highest BCUT2D eigenvalue weighted by molar-refractivity contribution is 5.85. The lowest BCUT2D eigenvalue weighted by Gasteiger charge is -2.15. The molecule has 0 aliphatic rings. The van der Waals surface area contributed by atoms with Gasteiger partial charge < -0.3 is 24.6 Å². The summed E-state index contributed by atoms with van der Waals surface area (Å²) in [6.07, 6.45) is 0. The summed E-state index contributed by atoms with van der Waals surface area (Å²) in [5.74, 6) is -0.205. The smallest absolute Gasteiger partial charge is 0.177 e. The number of Topliss-reactive ketones (excluding diaryl/α,β-unsaturated/α-hetero) is 1. The number of methoxy groups -OCH3 is 1. The number of carbonyl (C=O) groups excluding carboxylic acids is 1. The molecule has 118 valence electrons. The van der Waals surface area contributed by atoms with Crippen molar-refractivity contribution in [3.63, 3.8) is 0 Å². The highest BCUT2D eigenvalue weighted by atomic mass is 16.7. The first-order chi connectivity index (χ1) is 10.3. The van der Waals surface area contributed by atoms with Crippen LogP contribution in [0.25, 0.3) is 0 Å². The van der Waals surface area contributed by atoms with Crippen molar-refractivity contribution in [1.29, 1.82) is 0 Å². The molecule has 0 aliphatic carbocycles. The van der Waals surface area contributed by atoms with Gasteiger partial charge in [0, 0.05) is 13.7 Å². The molecule has 6 nitrogen and oxygen atoms in total. The zero-order chi connectivity index (χ0) is 15.3. The summed E-state index contributed by atoms with van der Waals surface area (Å²) in [5.41, 5.74) is 1.05. The molecule has 2 N–H and O–H groups in total. The molecular formula is C15H23NO5. The van der Waals surface area contributed by atoms with Crippen molar-refractivity contribution >= 4 is 5.78 Å². The van der Waals surface area contributed by atoms with Crippen molar-refractivity contribution in [2.24, 2.45) is 0 Å². The van der Waals surface area contributed by atoms with Crippen LogP contribution >= 0.6 is 0 Å². The molecule has 1 aromatic rings. The van der Waals surface area contributed by atoms with Gasteiger partial charge in [0.05, 0.1) is 25.9 Å². The van der Waals surface area contributed by atoms with Gasteiger partial charge in [-0.1, -0.05) is 30.3 Å². The van der Waals surface area contributed by atoms with Gasteiger partial charge in [-0.2, -0.15) is 0 Å². The van der Waals surface area contributed by atoms with Crippen molar-refractivity contribution in [2.45, 2.75) is 12.6 Å². The van der Waals surface area contributed by atoms with Crippen molar-refractivity contribution in [3.8, 4) is 0 Å². The highest BCUT2D eigenvalue weighted by Crippen LogP contribution is 1.99. The number of ether oxygens (including phenoxy) is 3. The first-order valence-electron chi connectivity index (χ1n) is 6.83. The summed E-state index contributed by atoms with van der Waals surface area (Å²) in [7, 11) is 1.58. The zero-order valence-corrected chi connectivity index (χ0v) is 12.3. The maximum Gasteiger partial charge on any atom is 0.177 e. The summed E-state index contributed by atoms with van der Waals surface area (Å²) < 4.78 is 15.0. The van der Waals surface area contributed by atoms with Crippen LogP contribution in [0.15, 0.2) is 30.3 Å². The zero-order valence-electron chi connectivity index (χ0n) is 12.3. The number of ketones is 1. The van der Waals surface area contributed by atoms with Gasteiger partial charge in [-0.05, 0) is 5.56 Å². The van der Waals surface area contributed by atoms with Gasteiger partial charge in [0.2, 0.25) is 0 Å². The van der Waals surface area contributed by atoms with E-state index in [9.17, 15) is 9.90 Å². The van der Waals surface area contributed by atoms with E-state index in [1.165, 1.54) is 0 Å². The SMILES string of the molecule is COCCOCOCC(=O)[C@@H](CO)NCc1ccccc1. The fraction of sp³-hybridized carbons (Fsp3) is 0.533. The molecule has 0 unspecified atom stereocenters. The van der Waals surface area contributed by atoms with Crippen LogP contribution in [0, 0.1) is 0 Å². The van der Waals surface area contributed by atoms with Crippen LogP contribution in [-0.2, 0) is 25.5 Å².